The fraction of sp³-hybridized carbons (Fsp3) is 0.471. The maximum Gasteiger partial charge on any atom is 0.276 e. The summed E-state index contributed by atoms with van der Waals surface area (Å²) in [6.07, 6.45) is 4.80. The van der Waals surface area contributed by atoms with Gasteiger partial charge >= 0.3 is 0 Å². The van der Waals surface area contributed by atoms with Crippen LogP contribution in [0.5, 0.6) is 0 Å². The Balaban J connectivity index is 1.48. The van der Waals surface area contributed by atoms with Crippen LogP contribution in [0.2, 0.25) is 0 Å². The minimum absolute atomic E-state index is 0.0410. The summed E-state index contributed by atoms with van der Waals surface area (Å²) < 4.78 is 26.4. The number of nitrogens with two attached hydrogens (primary N) is 1. The molecule has 1 saturated heterocycles. The molecule has 0 radical (unpaired) electrons. The number of aliphatic hydroxyl groups is 1. The van der Waals surface area contributed by atoms with Gasteiger partial charge in [0.05, 0.1) is 30.4 Å². The number of fused-ring (bicyclic) bond motifs is 3. The van der Waals surface area contributed by atoms with E-state index in [-0.39, 0.29) is 17.4 Å². The van der Waals surface area contributed by atoms with Crippen LogP contribution in [0.25, 0.3) is 11.3 Å². The minimum atomic E-state index is -3.67. The average molecular weight is 360 g/mol. The lowest BCUT2D eigenvalue weighted by atomic mass is 9.75. The van der Waals surface area contributed by atoms with Crippen molar-refractivity contribution in [2.45, 2.75) is 25.0 Å². The van der Waals surface area contributed by atoms with Crippen LogP contribution < -0.4 is 5.14 Å². The molecular formula is C17H20N4O3S. The Hall–Kier alpha value is -1.74. The zero-order valence-corrected chi connectivity index (χ0v) is 14.4. The number of imidazole rings is 1. The molecule has 1 unspecified atom stereocenters. The van der Waals surface area contributed by atoms with E-state index in [1.807, 2.05) is 24.7 Å². The second-order valence-corrected chi connectivity index (χ2v) is 9.09. The Labute approximate surface area is 146 Å². The molecule has 1 aliphatic carbocycles. The number of hydrogen-bond donors (Lipinski definition) is 2. The summed E-state index contributed by atoms with van der Waals surface area (Å²) in [6, 6.07) is 8.29. The average Bonchev–Trinajstić information content (AvgIpc) is 3.18. The number of hydrogen-bond acceptors (Lipinski definition) is 4. The summed E-state index contributed by atoms with van der Waals surface area (Å²) in [4.78, 5) is 4.28. The third kappa shape index (κ3) is 2.02. The molecule has 25 heavy (non-hydrogen) atoms. The molecule has 3 aliphatic rings. The van der Waals surface area contributed by atoms with Gasteiger partial charge in [-0.25, -0.2) is 10.1 Å². The summed E-state index contributed by atoms with van der Waals surface area (Å²) in [6.45, 7) is 0.628. The van der Waals surface area contributed by atoms with Crippen molar-refractivity contribution in [3.05, 3.63) is 42.4 Å². The molecule has 7 nitrogen and oxygen atoms in total. The van der Waals surface area contributed by atoms with Gasteiger partial charge in [-0.15, -0.1) is 0 Å². The highest BCUT2D eigenvalue weighted by atomic mass is 32.2. The standard InChI is InChI=1S/C17H20N4O3S/c18-25(23,24)20-8-17(9-20)6-5-13(16(17)22)15-12-4-2-1-3-11(12)14-7-19-10-21(14)15/h1-4,7,10,13,15-16,22H,5-6,8-9H2,(H2,18,23,24)/t13-,15?,16-/m1/s1. The van der Waals surface area contributed by atoms with E-state index in [4.69, 9.17) is 5.14 Å². The fourth-order valence-electron chi connectivity index (χ4n) is 5.04. The molecule has 2 fully saturated rings. The van der Waals surface area contributed by atoms with Crippen LogP contribution in [0.4, 0.5) is 0 Å². The lowest BCUT2D eigenvalue weighted by molar-refractivity contribution is -0.0549. The second kappa shape index (κ2) is 4.91. The van der Waals surface area contributed by atoms with Crippen LogP contribution >= 0.6 is 0 Å². The van der Waals surface area contributed by atoms with Gasteiger partial charge in [0.1, 0.15) is 0 Å². The van der Waals surface area contributed by atoms with Crippen LogP contribution in [0.1, 0.15) is 24.4 Å². The van der Waals surface area contributed by atoms with Gasteiger partial charge in [0.2, 0.25) is 0 Å². The highest BCUT2D eigenvalue weighted by molar-refractivity contribution is 7.86. The Morgan fingerprint density at radius 2 is 2.04 bits per heavy atom. The van der Waals surface area contributed by atoms with E-state index < -0.39 is 16.3 Å². The second-order valence-electron chi connectivity index (χ2n) is 7.54. The molecule has 2 aromatic rings. The maximum atomic E-state index is 11.5. The Bertz CT molecular complexity index is 948. The summed E-state index contributed by atoms with van der Waals surface area (Å²) in [5.74, 6) is 0.0410. The SMILES string of the molecule is NS(=O)(=O)N1CC2(CC[C@H](C3c4ccccc4-c4cncn43)[C@H]2O)C1. The minimum Gasteiger partial charge on any atom is -0.392 e. The van der Waals surface area contributed by atoms with E-state index in [0.717, 1.165) is 24.1 Å². The highest BCUT2D eigenvalue weighted by Crippen LogP contribution is 2.55. The number of benzene rings is 1. The molecule has 8 heteroatoms. The summed E-state index contributed by atoms with van der Waals surface area (Å²) in [5.41, 5.74) is 3.09. The zero-order chi connectivity index (χ0) is 17.4. The number of nitrogens with zero attached hydrogens (tertiary/aromatic N) is 3. The lowest BCUT2D eigenvalue weighted by Crippen LogP contribution is -2.63. The Kier molecular flexibility index (Phi) is 3.05. The molecular weight excluding hydrogens is 340 g/mol. The Morgan fingerprint density at radius 3 is 2.80 bits per heavy atom. The van der Waals surface area contributed by atoms with Gasteiger partial charge in [-0.1, -0.05) is 24.3 Å². The first kappa shape index (κ1) is 15.5. The van der Waals surface area contributed by atoms with Crippen molar-refractivity contribution >= 4 is 10.2 Å². The molecule has 3 heterocycles. The number of aromatic nitrogens is 2. The maximum absolute atomic E-state index is 11.5. The molecule has 0 amide bonds. The van der Waals surface area contributed by atoms with Gasteiger partial charge in [0.15, 0.2) is 0 Å². The van der Waals surface area contributed by atoms with E-state index >= 15 is 0 Å². The van der Waals surface area contributed by atoms with Crippen LogP contribution in [-0.4, -0.2) is 46.6 Å². The first-order valence-electron chi connectivity index (χ1n) is 8.48. The predicted octanol–water partition coefficient (Wildman–Crippen LogP) is 0.729. The lowest BCUT2D eigenvalue weighted by Gasteiger charge is -2.49. The van der Waals surface area contributed by atoms with Gasteiger partial charge in [0.25, 0.3) is 10.2 Å². The number of aliphatic hydroxyl groups excluding tert-OH is 1. The van der Waals surface area contributed by atoms with Crippen molar-refractivity contribution < 1.29 is 13.5 Å². The first-order valence-corrected chi connectivity index (χ1v) is 9.98. The summed E-state index contributed by atoms with van der Waals surface area (Å²) in [5, 5.41) is 16.3. The molecule has 132 valence electrons. The molecule has 2 aliphatic heterocycles. The van der Waals surface area contributed by atoms with Crippen molar-refractivity contribution in [3.8, 4) is 11.3 Å². The third-order valence-corrected chi connectivity index (χ3v) is 7.26. The smallest absolute Gasteiger partial charge is 0.276 e. The molecule has 1 spiro atoms. The van der Waals surface area contributed by atoms with Crippen LogP contribution in [0.3, 0.4) is 0 Å². The van der Waals surface area contributed by atoms with Gasteiger partial charge in [-0.3, -0.25) is 0 Å². The summed E-state index contributed by atoms with van der Waals surface area (Å²) >= 11 is 0. The predicted molar refractivity (Wildman–Crippen MR) is 91.6 cm³/mol. The first-order chi connectivity index (χ1) is 11.9. The molecule has 3 atom stereocenters. The molecule has 1 aromatic heterocycles. The highest BCUT2D eigenvalue weighted by Gasteiger charge is 2.59. The van der Waals surface area contributed by atoms with Crippen molar-refractivity contribution in [2.75, 3.05) is 13.1 Å². The van der Waals surface area contributed by atoms with Gasteiger partial charge in [-0.05, 0) is 18.4 Å². The number of rotatable bonds is 2. The van der Waals surface area contributed by atoms with Gasteiger partial charge in [0, 0.05) is 30.0 Å². The van der Waals surface area contributed by atoms with E-state index in [9.17, 15) is 13.5 Å². The summed E-state index contributed by atoms with van der Waals surface area (Å²) in [7, 11) is -3.67. The normalized spacial score (nSPS) is 30.2. The molecule has 1 aromatic carbocycles. The third-order valence-electron chi connectivity index (χ3n) is 6.28. The van der Waals surface area contributed by atoms with Crippen LogP contribution in [-0.2, 0) is 10.2 Å². The quantitative estimate of drug-likeness (QED) is 0.824. The monoisotopic (exact) mass is 360 g/mol. The largest absolute Gasteiger partial charge is 0.392 e. The van der Waals surface area contributed by atoms with Gasteiger partial charge in [-0.2, -0.15) is 12.7 Å². The van der Waals surface area contributed by atoms with Gasteiger partial charge < -0.3 is 9.67 Å². The molecule has 0 bridgehead atoms. The molecule has 3 N–H and O–H groups in total. The van der Waals surface area contributed by atoms with E-state index in [1.165, 1.54) is 9.87 Å². The van der Waals surface area contributed by atoms with Crippen molar-refractivity contribution in [1.82, 2.24) is 13.9 Å². The van der Waals surface area contributed by atoms with Crippen molar-refractivity contribution in [3.63, 3.8) is 0 Å². The van der Waals surface area contributed by atoms with E-state index in [2.05, 4.69) is 21.7 Å². The fourth-order valence-corrected chi connectivity index (χ4v) is 5.91. The van der Waals surface area contributed by atoms with E-state index in [1.54, 1.807) is 0 Å². The van der Waals surface area contributed by atoms with Crippen molar-refractivity contribution in [2.24, 2.45) is 16.5 Å². The van der Waals surface area contributed by atoms with Crippen LogP contribution in [0.15, 0.2) is 36.8 Å². The molecule has 1 saturated carbocycles. The van der Waals surface area contributed by atoms with E-state index in [0.29, 0.717) is 13.1 Å². The molecule has 5 rings (SSSR count). The Morgan fingerprint density at radius 1 is 1.28 bits per heavy atom. The topological polar surface area (TPSA) is 101 Å². The van der Waals surface area contributed by atoms with Crippen LogP contribution in [0, 0.1) is 11.3 Å². The zero-order valence-electron chi connectivity index (χ0n) is 13.6. The van der Waals surface area contributed by atoms with Crippen molar-refractivity contribution in [1.29, 1.82) is 0 Å².